The number of phenolic OH excluding ortho intramolecular Hbond substituents is 1. The highest BCUT2D eigenvalue weighted by molar-refractivity contribution is 5.73. The Labute approximate surface area is 92.9 Å². The Morgan fingerprint density at radius 1 is 1.38 bits per heavy atom. The van der Waals surface area contributed by atoms with E-state index in [-0.39, 0.29) is 5.75 Å². The summed E-state index contributed by atoms with van der Waals surface area (Å²) < 4.78 is 5.22. The zero-order chi connectivity index (χ0) is 11.7. The van der Waals surface area contributed by atoms with E-state index in [0.717, 1.165) is 16.8 Å². The topological polar surface area (TPSA) is 84.2 Å². The number of aromatic amines is 1. The molecule has 2 aromatic rings. The van der Waals surface area contributed by atoms with Crippen molar-refractivity contribution in [2.75, 3.05) is 12.8 Å². The Bertz CT molecular complexity index is 520. The lowest BCUT2D eigenvalue weighted by molar-refractivity contribution is 0.408. The number of ether oxygens (including phenoxy) is 1. The highest BCUT2D eigenvalue weighted by Gasteiger charge is 2.12. The lowest BCUT2D eigenvalue weighted by Gasteiger charge is -2.10. The highest BCUT2D eigenvalue weighted by Crippen LogP contribution is 2.35. The van der Waals surface area contributed by atoms with E-state index in [2.05, 4.69) is 10.2 Å². The van der Waals surface area contributed by atoms with Crippen LogP contribution in [0.15, 0.2) is 18.2 Å². The fourth-order valence-corrected chi connectivity index (χ4v) is 1.71. The number of benzene rings is 1. The zero-order valence-electron chi connectivity index (χ0n) is 9.11. The van der Waals surface area contributed by atoms with Gasteiger partial charge >= 0.3 is 0 Å². The molecular weight excluding hydrogens is 206 g/mol. The third-order valence-electron chi connectivity index (χ3n) is 2.37. The summed E-state index contributed by atoms with van der Waals surface area (Å²) in [7, 11) is 1.55. The van der Waals surface area contributed by atoms with Crippen LogP contribution < -0.4 is 10.5 Å². The molecule has 5 heteroatoms. The van der Waals surface area contributed by atoms with Gasteiger partial charge in [-0.25, -0.2) is 0 Å². The second-order valence-corrected chi connectivity index (χ2v) is 3.55. The van der Waals surface area contributed by atoms with E-state index in [1.807, 2.05) is 6.92 Å². The smallest absolute Gasteiger partial charge is 0.145 e. The molecule has 0 unspecified atom stereocenters. The zero-order valence-corrected chi connectivity index (χ0v) is 9.11. The van der Waals surface area contributed by atoms with Crippen molar-refractivity contribution in [3.8, 4) is 22.8 Å². The van der Waals surface area contributed by atoms with Gasteiger partial charge in [-0.1, -0.05) is 0 Å². The van der Waals surface area contributed by atoms with Crippen molar-refractivity contribution in [3.63, 3.8) is 0 Å². The number of aryl methyl sites for hydroxylation is 1. The Morgan fingerprint density at radius 3 is 2.69 bits per heavy atom. The predicted octanol–water partition coefficient (Wildman–Crippen LogP) is 1.68. The van der Waals surface area contributed by atoms with Crippen molar-refractivity contribution < 1.29 is 9.84 Å². The molecule has 5 nitrogen and oxygen atoms in total. The Kier molecular flexibility index (Phi) is 2.44. The predicted molar refractivity (Wildman–Crippen MR) is 61.4 cm³/mol. The van der Waals surface area contributed by atoms with Crippen LogP contribution in [0.3, 0.4) is 0 Å². The molecule has 1 aromatic heterocycles. The molecule has 0 fully saturated rings. The van der Waals surface area contributed by atoms with E-state index in [0.29, 0.717) is 11.6 Å². The van der Waals surface area contributed by atoms with Gasteiger partial charge in [-0.3, -0.25) is 5.10 Å². The van der Waals surface area contributed by atoms with Crippen LogP contribution in [0.25, 0.3) is 11.3 Å². The van der Waals surface area contributed by atoms with Gasteiger partial charge in [0, 0.05) is 17.7 Å². The molecule has 0 amide bonds. The van der Waals surface area contributed by atoms with Crippen LogP contribution >= 0.6 is 0 Å². The molecule has 2 rings (SSSR count). The molecule has 1 aromatic carbocycles. The van der Waals surface area contributed by atoms with Crippen LogP contribution in [0, 0.1) is 6.92 Å². The number of aromatic nitrogens is 2. The Balaban J connectivity index is 2.63. The van der Waals surface area contributed by atoms with Gasteiger partial charge in [0.05, 0.1) is 12.8 Å². The SMILES string of the molecule is COc1cc(O)cc(C)c1-c1cc(N)n[nH]1. The maximum Gasteiger partial charge on any atom is 0.145 e. The number of nitrogens with zero attached hydrogens (tertiary/aromatic N) is 1. The number of nitrogen functional groups attached to an aromatic ring is 1. The van der Waals surface area contributed by atoms with Crippen LogP contribution in [0.2, 0.25) is 0 Å². The van der Waals surface area contributed by atoms with Gasteiger partial charge in [0.25, 0.3) is 0 Å². The maximum atomic E-state index is 9.47. The van der Waals surface area contributed by atoms with Crippen LogP contribution in [-0.2, 0) is 0 Å². The van der Waals surface area contributed by atoms with Crippen molar-refractivity contribution >= 4 is 5.82 Å². The van der Waals surface area contributed by atoms with Gasteiger partial charge in [-0.05, 0) is 18.6 Å². The molecule has 84 valence electrons. The highest BCUT2D eigenvalue weighted by atomic mass is 16.5. The monoisotopic (exact) mass is 219 g/mol. The maximum absolute atomic E-state index is 9.47. The summed E-state index contributed by atoms with van der Waals surface area (Å²) in [6, 6.07) is 4.94. The van der Waals surface area contributed by atoms with Crippen molar-refractivity contribution in [2.45, 2.75) is 6.92 Å². The summed E-state index contributed by atoms with van der Waals surface area (Å²) in [5.41, 5.74) is 8.07. The first-order chi connectivity index (χ1) is 7.61. The minimum Gasteiger partial charge on any atom is -0.508 e. The minimum absolute atomic E-state index is 0.172. The van der Waals surface area contributed by atoms with Crippen molar-refractivity contribution in [3.05, 3.63) is 23.8 Å². The van der Waals surface area contributed by atoms with Gasteiger partial charge in [0.15, 0.2) is 0 Å². The third kappa shape index (κ3) is 1.67. The van der Waals surface area contributed by atoms with Gasteiger partial charge in [-0.15, -0.1) is 0 Å². The molecule has 0 aliphatic rings. The number of hydrogen-bond acceptors (Lipinski definition) is 4. The summed E-state index contributed by atoms with van der Waals surface area (Å²) in [6.45, 7) is 1.88. The van der Waals surface area contributed by atoms with E-state index in [1.165, 1.54) is 0 Å². The van der Waals surface area contributed by atoms with Crippen LogP contribution in [-0.4, -0.2) is 22.4 Å². The second-order valence-electron chi connectivity index (χ2n) is 3.55. The van der Waals surface area contributed by atoms with E-state index in [4.69, 9.17) is 10.5 Å². The largest absolute Gasteiger partial charge is 0.508 e. The summed E-state index contributed by atoms with van der Waals surface area (Å²) in [5, 5.41) is 16.2. The van der Waals surface area contributed by atoms with E-state index in [1.54, 1.807) is 25.3 Å². The molecule has 1 heterocycles. The summed E-state index contributed by atoms with van der Waals surface area (Å²) >= 11 is 0. The fourth-order valence-electron chi connectivity index (χ4n) is 1.71. The Morgan fingerprint density at radius 2 is 2.12 bits per heavy atom. The van der Waals surface area contributed by atoms with Crippen molar-refractivity contribution in [1.29, 1.82) is 0 Å². The standard InChI is InChI=1S/C11H13N3O2/c1-6-3-7(15)4-9(16-2)11(6)8-5-10(12)14-13-8/h3-5,15H,1-2H3,(H3,12,13,14). The van der Waals surface area contributed by atoms with Gasteiger partial charge in [0.2, 0.25) is 0 Å². The number of anilines is 1. The second kappa shape index (κ2) is 3.77. The molecular formula is C11H13N3O2. The number of rotatable bonds is 2. The normalized spacial score (nSPS) is 10.4. The minimum atomic E-state index is 0.172. The van der Waals surface area contributed by atoms with E-state index >= 15 is 0 Å². The summed E-state index contributed by atoms with van der Waals surface area (Å²) in [4.78, 5) is 0. The van der Waals surface area contributed by atoms with Crippen LogP contribution in [0.5, 0.6) is 11.5 Å². The number of aromatic hydroxyl groups is 1. The number of H-pyrrole nitrogens is 1. The summed E-state index contributed by atoms with van der Waals surface area (Å²) in [6.07, 6.45) is 0. The molecule has 0 saturated carbocycles. The number of nitrogens with two attached hydrogens (primary N) is 1. The average molecular weight is 219 g/mol. The molecule has 0 aliphatic carbocycles. The molecule has 16 heavy (non-hydrogen) atoms. The van der Waals surface area contributed by atoms with Crippen molar-refractivity contribution in [2.24, 2.45) is 0 Å². The molecule has 4 N–H and O–H groups in total. The van der Waals surface area contributed by atoms with E-state index < -0.39 is 0 Å². The first kappa shape index (κ1) is 10.4. The Hall–Kier alpha value is -2.17. The third-order valence-corrected chi connectivity index (χ3v) is 2.37. The van der Waals surface area contributed by atoms with Gasteiger partial charge < -0.3 is 15.6 Å². The molecule has 0 radical (unpaired) electrons. The van der Waals surface area contributed by atoms with Gasteiger partial charge in [0.1, 0.15) is 17.3 Å². The first-order valence-electron chi connectivity index (χ1n) is 4.80. The number of nitrogens with one attached hydrogen (secondary N) is 1. The summed E-state index contributed by atoms with van der Waals surface area (Å²) in [5.74, 6) is 1.18. The van der Waals surface area contributed by atoms with E-state index in [9.17, 15) is 5.11 Å². The first-order valence-corrected chi connectivity index (χ1v) is 4.80. The lowest BCUT2D eigenvalue weighted by atomic mass is 10.0. The molecule has 0 saturated heterocycles. The quantitative estimate of drug-likeness (QED) is 0.717. The van der Waals surface area contributed by atoms with Crippen molar-refractivity contribution in [1.82, 2.24) is 10.2 Å². The van der Waals surface area contributed by atoms with Crippen LogP contribution in [0.4, 0.5) is 5.82 Å². The molecule has 0 atom stereocenters. The number of methoxy groups -OCH3 is 1. The number of phenols is 1. The fraction of sp³-hybridized carbons (Fsp3) is 0.182. The van der Waals surface area contributed by atoms with Gasteiger partial charge in [-0.2, -0.15) is 5.10 Å². The average Bonchev–Trinajstić information content (AvgIpc) is 2.63. The number of hydrogen-bond donors (Lipinski definition) is 3. The molecule has 0 bridgehead atoms. The molecule has 0 aliphatic heterocycles. The van der Waals surface area contributed by atoms with Crippen LogP contribution in [0.1, 0.15) is 5.56 Å². The molecule has 0 spiro atoms. The lowest BCUT2D eigenvalue weighted by Crippen LogP contribution is -1.91.